The normalized spacial score (nSPS) is 22.2. The molecule has 132 valence electrons. The lowest BCUT2D eigenvalue weighted by Gasteiger charge is -2.20. The average Bonchev–Trinajstić information content (AvgIpc) is 2.86. The highest BCUT2D eigenvalue weighted by atomic mass is 19.1. The van der Waals surface area contributed by atoms with Gasteiger partial charge in [-0.15, -0.1) is 0 Å². The Kier molecular flexibility index (Phi) is 4.97. The van der Waals surface area contributed by atoms with E-state index in [9.17, 15) is 18.8 Å². The van der Waals surface area contributed by atoms with Gasteiger partial charge in [-0.1, -0.05) is 30.4 Å². The predicted molar refractivity (Wildman–Crippen MR) is 89.6 cm³/mol. The van der Waals surface area contributed by atoms with Crippen molar-refractivity contribution in [1.82, 2.24) is 9.80 Å². The van der Waals surface area contributed by atoms with E-state index in [0.717, 1.165) is 0 Å². The van der Waals surface area contributed by atoms with Gasteiger partial charge in [-0.2, -0.15) is 0 Å². The molecule has 0 N–H and O–H groups in total. The van der Waals surface area contributed by atoms with Crippen molar-refractivity contribution in [3.05, 3.63) is 47.8 Å². The molecule has 1 aliphatic carbocycles. The maximum atomic E-state index is 13.7. The first-order chi connectivity index (χ1) is 12.0. The number of allylic oxidation sites excluding steroid dienone is 2. The van der Waals surface area contributed by atoms with Crippen LogP contribution in [0, 0.1) is 17.7 Å². The summed E-state index contributed by atoms with van der Waals surface area (Å²) in [5.74, 6) is -1.49. The second-order valence-corrected chi connectivity index (χ2v) is 6.58. The molecule has 2 atom stereocenters. The second kappa shape index (κ2) is 7.17. The van der Waals surface area contributed by atoms with Crippen LogP contribution in [0.2, 0.25) is 0 Å². The van der Waals surface area contributed by atoms with Crippen molar-refractivity contribution >= 4 is 17.7 Å². The first kappa shape index (κ1) is 17.3. The highest BCUT2D eigenvalue weighted by Crippen LogP contribution is 2.35. The van der Waals surface area contributed by atoms with Gasteiger partial charge < -0.3 is 4.90 Å². The first-order valence-electron chi connectivity index (χ1n) is 8.46. The van der Waals surface area contributed by atoms with E-state index in [1.165, 1.54) is 15.9 Å². The SMILES string of the molecule is CN(Cc1ccccc1F)C(=O)CCN1C(=O)[C@H]2CC=CC[C@H]2C1=O. The number of likely N-dealkylation sites (tertiary alicyclic amines) is 1. The zero-order valence-electron chi connectivity index (χ0n) is 14.2. The van der Waals surface area contributed by atoms with Crippen LogP contribution in [0.25, 0.3) is 0 Å². The third kappa shape index (κ3) is 3.48. The molecule has 2 aliphatic rings. The van der Waals surface area contributed by atoms with Crippen molar-refractivity contribution in [2.45, 2.75) is 25.8 Å². The zero-order chi connectivity index (χ0) is 18.0. The molecule has 0 saturated carbocycles. The Balaban J connectivity index is 1.56. The lowest BCUT2D eigenvalue weighted by atomic mass is 9.85. The highest BCUT2D eigenvalue weighted by Gasteiger charge is 2.46. The molecule has 3 amide bonds. The summed E-state index contributed by atoms with van der Waals surface area (Å²) in [5.41, 5.74) is 0.434. The van der Waals surface area contributed by atoms with Gasteiger partial charge in [0.15, 0.2) is 0 Å². The Morgan fingerprint density at radius 1 is 1.16 bits per heavy atom. The van der Waals surface area contributed by atoms with Gasteiger partial charge in [0.1, 0.15) is 5.82 Å². The molecule has 5 nitrogen and oxygen atoms in total. The summed E-state index contributed by atoms with van der Waals surface area (Å²) in [7, 11) is 1.59. The monoisotopic (exact) mass is 344 g/mol. The lowest BCUT2D eigenvalue weighted by Crippen LogP contribution is -2.36. The van der Waals surface area contributed by atoms with Gasteiger partial charge in [0.05, 0.1) is 11.8 Å². The van der Waals surface area contributed by atoms with E-state index in [0.29, 0.717) is 18.4 Å². The van der Waals surface area contributed by atoms with Gasteiger partial charge in [0.2, 0.25) is 17.7 Å². The van der Waals surface area contributed by atoms with E-state index in [4.69, 9.17) is 0 Å². The summed E-state index contributed by atoms with van der Waals surface area (Å²) in [5, 5.41) is 0. The summed E-state index contributed by atoms with van der Waals surface area (Å²) in [6.07, 6.45) is 5.10. The molecule has 1 saturated heterocycles. The minimum Gasteiger partial charge on any atom is -0.341 e. The second-order valence-electron chi connectivity index (χ2n) is 6.58. The van der Waals surface area contributed by atoms with Crippen LogP contribution in [0.4, 0.5) is 4.39 Å². The largest absolute Gasteiger partial charge is 0.341 e. The maximum absolute atomic E-state index is 13.7. The Bertz CT molecular complexity index is 705. The molecule has 25 heavy (non-hydrogen) atoms. The fourth-order valence-corrected chi connectivity index (χ4v) is 3.46. The number of benzene rings is 1. The van der Waals surface area contributed by atoms with Crippen LogP contribution in [0.15, 0.2) is 36.4 Å². The van der Waals surface area contributed by atoms with Crippen LogP contribution >= 0.6 is 0 Å². The number of halogens is 1. The Morgan fingerprint density at radius 2 is 1.76 bits per heavy atom. The maximum Gasteiger partial charge on any atom is 0.233 e. The summed E-state index contributed by atoms with van der Waals surface area (Å²) in [4.78, 5) is 39.6. The Labute approximate surface area is 146 Å². The molecule has 0 unspecified atom stereocenters. The summed E-state index contributed by atoms with van der Waals surface area (Å²) in [6, 6.07) is 6.29. The summed E-state index contributed by atoms with van der Waals surface area (Å²) >= 11 is 0. The van der Waals surface area contributed by atoms with E-state index >= 15 is 0 Å². The number of hydrogen-bond donors (Lipinski definition) is 0. The number of amides is 3. The number of nitrogens with zero attached hydrogens (tertiary/aromatic N) is 2. The van der Waals surface area contributed by atoms with Gasteiger partial charge in [0.25, 0.3) is 0 Å². The van der Waals surface area contributed by atoms with Gasteiger partial charge in [0, 0.05) is 32.1 Å². The van der Waals surface area contributed by atoms with Crippen LogP contribution in [0.1, 0.15) is 24.8 Å². The molecule has 0 bridgehead atoms. The van der Waals surface area contributed by atoms with Crippen molar-refractivity contribution in [2.75, 3.05) is 13.6 Å². The fourth-order valence-electron chi connectivity index (χ4n) is 3.46. The van der Waals surface area contributed by atoms with Crippen molar-refractivity contribution in [2.24, 2.45) is 11.8 Å². The zero-order valence-corrected chi connectivity index (χ0v) is 14.2. The molecule has 1 fully saturated rings. The molecule has 1 aromatic carbocycles. The van der Waals surface area contributed by atoms with Crippen LogP contribution in [-0.2, 0) is 20.9 Å². The summed E-state index contributed by atoms with van der Waals surface area (Å²) < 4.78 is 13.7. The van der Waals surface area contributed by atoms with Crippen molar-refractivity contribution < 1.29 is 18.8 Å². The number of hydrogen-bond acceptors (Lipinski definition) is 3. The van der Waals surface area contributed by atoms with E-state index in [2.05, 4.69) is 0 Å². The highest BCUT2D eigenvalue weighted by molar-refractivity contribution is 6.05. The molecule has 6 heteroatoms. The van der Waals surface area contributed by atoms with E-state index in [1.54, 1.807) is 25.2 Å². The van der Waals surface area contributed by atoms with Gasteiger partial charge in [-0.25, -0.2) is 4.39 Å². The number of fused-ring (bicyclic) bond motifs is 1. The molecular formula is C19H21FN2O3. The van der Waals surface area contributed by atoms with Crippen LogP contribution in [-0.4, -0.2) is 41.1 Å². The third-order valence-corrected chi connectivity index (χ3v) is 4.94. The molecule has 1 aromatic rings. The first-order valence-corrected chi connectivity index (χ1v) is 8.46. The lowest BCUT2D eigenvalue weighted by molar-refractivity contribution is -0.140. The molecule has 1 aliphatic heterocycles. The van der Waals surface area contributed by atoms with Crippen molar-refractivity contribution in [3.63, 3.8) is 0 Å². The number of carbonyl (C=O) groups excluding carboxylic acids is 3. The average molecular weight is 344 g/mol. The third-order valence-electron chi connectivity index (χ3n) is 4.94. The summed E-state index contributed by atoms with van der Waals surface area (Å²) in [6.45, 7) is 0.244. The van der Waals surface area contributed by atoms with Gasteiger partial charge in [-0.05, 0) is 18.9 Å². The molecule has 3 rings (SSSR count). The smallest absolute Gasteiger partial charge is 0.233 e. The molecule has 0 radical (unpaired) electrons. The predicted octanol–water partition coefficient (Wildman–Crippen LogP) is 2.13. The molecule has 1 heterocycles. The van der Waals surface area contributed by atoms with Crippen LogP contribution in [0.3, 0.4) is 0 Å². The standard InChI is InChI=1S/C19H21FN2O3/c1-21(12-13-6-2-5-9-16(13)20)17(23)10-11-22-18(24)14-7-3-4-8-15(14)19(22)25/h2-6,9,14-15H,7-8,10-12H2,1H3/t14-,15+. The molecule has 0 aromatic heterocycles. The van der Waals surface area contributed by atoms with Gasteiger partial charge in [-0.3, -0.25) is 19.3 Å². The quantitative estimate of drug-likeness (QED) is 0.607. The topological polar surface area (TPSA) is 57.7 Å². The van der Waals surface area contributed by atoms with E-state index < -0.39 is 0 Å². The molecular weight excluding hydrogens is 323 g/mol. The van der Waals surface area contributed by atoms with Gasteiger partial charge >= 0.3 is 0 Å². The number of imide groups is 1. The minimum atomic E-state index is -0.358. The number of carbonyl (C=O) groups is 3. The van der Waals surface area contributed by atoms with E-state index in [-0.39, 0.29) is 54.9 Å². The van der Waals surface area contributed by atoms with Crippen LogP contribution in [0.5, 0.6) is 0 Å². The fraction of sp³-hybridized carbons (Fsp3) is 0.421. The molecule has 0 spiro atoms. The minimum absolute atomic E-state index is 0.0509. The van der Waals surface area contributed by atoms with Crippen LogP contribution < -0.4 is 0 Å². The van der Waals surface area contributed by atoms with Crippen molar-refractivity contribution in [1.29, 1.82) is 0 Å². The van der Waals surface area contributed by atoms with Crippen molar-refractivity contribution in [3.8, 4) is 0 Å². The Hall–Kier alpha value is -2.50. The Morgan fingerprint density at radius 3 is 2.36 bits per heavy atom. The number of rotatable bonds is 5. The van der Waals surface area contributed by atoms with E-state index in [1.807, 2.05) is 12.2 Å².